The van der Waals surface area contributed by atoms with E-state index in [0.29, 0.717) is 6.42 Å². The Balaban J connectivity index is 2.03. The number of aromatic nitrogens is 1. The molecule has 0 radical (unpaired) electrons. The van der Waals surface area contributed by atoms with E-state index in [1.54, 1.807) is 12.1 Å². The van der Waals surface area contributed by atoms with Crippen molar-refractivity contribution in [3.8, 4) is 5.75 Å². The number of hydrogen-bond acceptors (Lipinski definition) is 3. The van der Waals surface area contributed by atoms with Gasteiger partial charge in [-0.15, -0.1) is 0 Å². The summed E-state index contributed by atoms with van der Waals surface area (Å²) in [4.78, 5) is 4.11. The highest BCUT2D eigenvalue weighted by atomic mass is 16.3. The smallest absolute Gasteiger partial charge is 0.133 e. The maximum Gasteiger partial charge on any atom is 0.133 e. The van der Waals surface area contributed by atoms with Crippen LogP contribution in [0.2, 0.25) is 0 Å². The predicted molar refractivity (Wildman–Crippen MR) is 57.6 cm³/mol. The fraction of sp³-hybridized carbons (Fsp3) is 0.583. The molecule has 1 heterocycles. The lowest BCUT2D eigenvalue weighted by molar-refractivity contribution is 0.00365. The van der Waals surface area contributed by atoms with Gasteiger partial charge in [-0.1, -0.05) is 19.3 Å². The van der Waals surface area contributed by atoms with E-state index in [9.17, 15) is 5.11 Å². The van der Waals surface area contributed by atoms with Gasteiger partial charge in [-0.25, -0.2) is 0 Å². The summed E-state index contributed by atoms with van der Waals surface area (Å²) < 4.78 is 0. The molecular weight excluding hydrogens is 190 g/mol. The second kappa shape index (κ2) is 4.19. The minimum absolute atomic E-state index is 0.175. The maximum atomic E-state index is 10.3. The lowest BCUT2D eigenvalue weighted by atomic mass is 9.81. The molecule has 0 aliphatic heterocycles. The topological polar surface area (TPSA) is 53.4 Å². The molecule has 1 aromatic rings. The minimum atomic E-state index is -0.567. The number of aromatic hydroxyl groups is 1. The normalized spacial score (nSPS) is 20.1. The Bertz CT molecular complexity index is 315. The predicted octanol–water partition coefficient (Wildman–Crippen LogP) is 2.02. The van der Waals surface area contributed by atoms with Gasteiger partial charge in [0.1, 0.15) is 5.75 Å². The zero-order chi connectivity index (χ0) is 10.7. The van der Waals surface area contributed by atoms with Crippen LogP contribution < -0.4 is 0 Å². The van der Waals surface area contributed by atoms with Crippen LogP contribution in [-0.4, -0.2) is 20.8 Å². The van der Waals surface area contributed by atoms with E-state index in [4.69, 9.17) is 5.11 Å². The molecule has 1 aromatic heterocycles. The van der Waals surface area contributed by atoms with Crippen molar-refractivity contribution in [2.24, 2.45) is 0 Å². The monoisotopic (exact) mass is 207 g/mol. The van der Waals surface area contributed by atoms with Crippen LogP contribution in [-0.2, 0) is 6.42 Å². The Morgan fingerprint density at radius 2 is 1.93 bits per heavy atom. The van der Waals surface area contributed by atoms with Crippen molar-refractivity contribution < 1.29 is 10.2 Å². The first-order valence-electron chi connectivity index (χ1n) is 5.54. The Morgan fingerprint density at radius 1 is 1.20 bits per heavy atom. The zero-order valence-corrected chi connectivity index (χ0v) is 8.82. The fourth-order valence-corrected chi connectivity index (χ4v) is 2.25. The van der Waals surface area contributed by atoms with E-state index < -0.39 is 5.60 Å². The van der Waals surface area contributed by atoms with E-state index in [-0.39, 0.29) is 5.75 Å². The molecule has 1 aliphatic rings. The second-order valence-corrected chi connectivity index (χ2v) is 4.47. The first-order valence-corrected chi connectivity index (χ1v) is 5.54. The Hall–Kier alpha value is -1.09. The first-order chi connectivity index (χ1) is 7.18. The molecule has 2 N–H and O–H groups in total. The number of nitrogens with zero attached hydrogens (tertiary/aromatic N) is 1. The third-order valence-electron chi connectivity index (χ3n) is 3.10. The average Bonchev–Trinajstić information content (AvgIpc) is 2.22. The lowest BCUT2D eigenvalue weighted by Crippen LogP contribution is -2.34. The largest absolute Gasteiger partial charge is 0.506 e. The van der Waals surface area contributed by atoms with Gasteiger partial charge in [0.2, 0.25) is 0 Å². The van der Waals surface area contributed by atoms with E-state index in [1.165, 1.54) is 12.6 Å². The molecule has 1 saturated carbocycles. The van der Waals surface area contributed by atoms with Crippen LogP contribution in [0.15, 0.2) is 18.3 Å². The quantitative estimate of drug-likeness (QED) is 0.780. The molecule has 82 valence electrons. The van der Waals surface area contributed by atoms with Crippen molar-refractivity contribution in [2.45, 2.75) is 44.1 Å². The van der Waals surface area contributed by atoms with Crippen molar-refractivity contribution in [3.63, 3.8) is 0 Å². The van der Waals surface area contributed by atoms with Crippen molar-refractivity contribution >= 4 is 0 Å². The summed E-state index contributed by atoms with van der Waals surface area (Å²) in [5.41, 5.74) is 0.291. The lowest BCUT2D eigenvalue weighted by Gasteiger charge is -2.31. The zero-order valence-electron chi connectivity index (χ0n) is 8.82. The second-order valence-electron chi connectivity index (χ2n) is 4.47. The summed E-state index contributed by atoms with van der Waals surface area (Å²) in [6, 6.07) is 3.40. The minimum Gasteiger partial charge on any atom is -0.506 e. The van der Waals surface area contributed by atoms with Crippen molar-refractivity contribution in [3.05, 3.63) is 24.0 Å². The molecule has 1 fully saturated rings. The van der Waals surface area contributed by atoms with Gasteiger partial charge >= 0.3 is 0 Å². The molecular formula is C12H17NO2. The van der Waals surface area contributed by atoms with E-state index in [1.807, 2.05) is 0 Å². The van der Waals surface area contributed by atoms with Crippen LogP contribution in [0.25, 0.3) is 0 Å². The van der Waals surface area contributed by atoms with Crippen molar-refractivity contribution in [1.82, 2.24) is 4.98 Å². The molecule has 0 atom stereocenters. The van der Waals surface area contributed by atoms with Crippen LogP contribution in [0, 0.1) is 0 Å². The molecule has 15 heavy (non-hydrogen) atoms. The average molecular weight is 207 g/mol. The van der Waals surface area contributed by atoms with Gasteiger partial charge in [0, 0.05) is 12.1 Å². The molecule has 0 aromatic carbocycles. The van der Waals surface area contributed by atoms with Crippen LogP contribution >= 0.6 is 0 Å². The Morgan fingerprint density at radius 3 is 2.53 bits per heavy atom. The Labute approximate surface area is 89.8 Å². The Kier molecular flexibility index (Phi) is 2.91. The summed E-state index contributed by atoms with van der Waals surface area (Å²) in [6.45, 7) is 0. The molecule has 1 aliphatic carbocycles. The van der Waals surface area contributed by atoms with Gasteiger partial charge in [0.25, 0.3) is 0 Å². The van der Waals surface area contributed by atoms with E-state index in [0.717, 1.165) is 31.4 Å². The molecule has 0 bridgehead atoms. The van der Waals surface area contributed by atoms with Gasteiger partial charge in [-0.05, 0) is 25.0 Å². The number of hydrogen-bond donors (Lipinski definition) is 2. The SMILES string of the molecule is Oc1ccc(CC2(O)CCCCC2)nc1. The molecule has 3 nitrogen and oxygen atoms in total. The third kappa shape index (κ3) is 2.69. The standard InChI is InChI=1S/C12H17NO2/c14-11-5-4-10(13-9-11)8-12(15)6-2-1-3-7-12/h4-5,9,14-15H,1-3,6-8H2. The summed E-state index contributed by atoms with van der Waals surface area (Å²) in [5.74, 6) is 0.175. The van der Waals surface area contributed by atoms with Crippen molar-refractivity contribution in [1.29, 1.82) is 0 Å². The van der Waals surface area contributed by atoms with Crippen LogP contribution in [0.3, 0.4) is 0 Å². The summed E-state index contributed by atoms with van der Waals surface area (Å²) in [7, 11) is 0. The summed E-state index contributed by atoms with van der Waals surface area (Å²) in [6.07, 6.45) is 7.22. The van der Waals surface area contributed by atoms with Gasteiger partial charge in [-0.2, -0.15) is 0 Å². The van der Waals surface area contributed by atoms with Gasteiger partial charge in [0.15, 0.2) is 0 Å². The van der Waals surface area contributed by atoms with Crippen LogP contribution in [0.4, 0.5) is 0 Å². The van der Waals surface area contributed by atoms with E-state index >= 15 is 0 Å². The first kappa shape index (κ1) is 10.4. The van der Waals surface area contributed by atoms with Crippen molar-refractivity contribution in [2.75, 3.05) is 0 Å². The van der Waals surface area contributed by atoms with Crippen LogP contribution in [0.1, 0.15) is 37.8 Å². The van der Waals surface area contributed by atoms with Gasteiger partial charge < -0.3 is 10.2 Å². The molecule has 2 rings (SSSR count). The highest BCUT2D eigenvalue weighted by Crippen LogP contribution is 2.30. The maximum absolute atomic E-state index is 10.3. The van der Waals surface area contributed by atoms with E-state index in [2.05, 4.69) is 4.98 Å². The number of aliphatic hydroxyl groups is 1. The highest BCUT2D eigenvalue weighted by Gasteiger charge is 2.29. The third-order valence-corrected chi connectivity index (χ3v) is 3.10. The summed E-state index contributed by atoms with van der Waals surface area (Å²) in [5, 5.41) is 19.4. The molecule has 0 spiro atoms. The number of rotatable bonds is 2. The van der Waals surface area contributed by atoms with Gasteiger partial charge in [0.05, 0.1) is 11.8 Å². The van der Waals surface area contributed by atoms with Gasteiger partial charge in [-0.3, -0.25) is 4.98 Å². The molecule has 0 amide bonds. The number of pyridine rings is 1. The molecule has 3 heteroatoms. The molecule has 0 saturated heterocycles. The summed E-state index contributed by atoms with van der Waals surface area (Å²) >= 11 is 0. The van der Waals surface area contributed by atoms with Crippen LogP contribution in [0.5, 0.6) is 5.75 Å². The highest BCUT2D eigenvalue weighted by molar-refractivity contribution is 5.19. The molecule has 0 unspecified atom stereocenters. The fourth-order valence-electron chi connectivity index (χ4n) is 2.25.